The fraction of sp³-hybridized carbons (Fsp3) is 0.176. The molecule has 0 aliphatic carbocycles. The number of nitrogens with zero attached hydrogens (tertiary/aromatic N) is 1. The molecule has 0 spiro atoms. The highest BCUT2D eigenvalue weighted by Crippen LogP contribution is 2.30. The molecular weight excluding hydrogens is 305 g/mol. The number of rotatable bonds is 4. The molecule has 0 saturated carbocycles. The monoisotopic (exact) mass is 320 g/mol. The normalized spacial score (nSPS) is 13.0. The number of nitrogens with one attached hydrogen (secondary N) is 1. The van der Waals surface area contributed by atoms with Crippen molar-refractivity contribution in [2.45, 2.75) is 19.1 Å². The third-order valence-corrected chi connectivity index (χ3v) is 3.18. The zero-order chi connectivity index (χ0) is 16.9. The highest BCUT2D eigenvalue weighted by Gasteiger charge is 2.30. The van der Waals surface area contributed by atoms with Crippen LogP contribution in [0.1, 0.15) is 29.7 Å². The van der Waals surface area contributed by atoms with Crippen LogP contribution in [0.15, 0.2) is 54.9 Å². The van der Waals surface area contributed by atoms with Gasteiger partial charge in [0, 0.05) is 18.5 Å². The molecule has 0 saturated heterocycles. The number of aromatic nitrogens is 1. The van der Waals surface area contributed by atoms with Gasteiger partial charge < -0.3 is 5.32 Å². The van der Waals surface area contributed by atoms with Crippen molar-refractivity contribution in [3.63, 3.8) is 0 Å². The second-order valence-corrected chi connectivity index (χ2v) is 4.97. The summed E-state index contributed by atoms with van der Waals surface area (Å²) in [7, 11) is 0. The molecule has 6 heteroatoms. The number of carbonyl (C=O) groups is 1. The van der Waals surface area contributed by atoms with E-state index in [0.29, 0.717) is 5.56 Å². The lowest BCUT2D eigenvalue weighted by Crippen LogP contribution is -2.24. The van der Waals surface area contributed by atoms with Crippen molar-refractivity contribution >= 4 is 12.0 Å². The van der Waals surface area contributed by atoms with Crippen molar-refractivity contribution in [1.29, 1.82) is 0 Å². The van der Waals surface area contributed by atoms with E-state index in [4.69, 9.17) is 0 Å². The topological polar surface area (TPSA) is 42.0 Å². The van der Waals surface area contributed by atoms with Crippen molar-refractivity contribution in [2.24, 2.45) is 0 Å². The van der Waals surface area contributed by atoms with Crippen LogP contribution in [-0.2, 0) is 11.0 Å². The Balaban J connectivity index is 2.03. The van der Waals surface area contributed by atoms with Gasteiger partial charge in [0.05, 0.1) is 11.6 Å². The molecule has 1 atom stereocenters. The first kappa shape index (κ1) is 16.7. The van der Waals surface area contributed by atoms with Crippen LogP contribution in [0.3, 0.4) is 0 Å². The third kappa shape index (κ3) is 4.95. The Hall–Kier alpha value is -2.63. The number of hydrogen-bond acceptors (Lipinski definition) is 2. The smallest absolute Gasteiger partial charge is 0.346 e. The van der Waals surface area contributed by atoms with Crippen molar-refractivity contribution in [3.05, 3.63) is 71.6 Å². The molecule has 0 radical (unpaired) electrons. The second-order valence-electron chi connectivity index (χ2n) is 4.97. The van der Waals surface area contributed by atoms with Crippen molar-refractivity contribution in [2.75, 3.05) is 0 Å². The molecule has 3 nitrogen and oxygen atoms in total. The van der Waals surface area contributed by atoms with Gasteiger partial charge in [-0.2, -0.15) is 13.2 Å². The molecule has 1 heterocycles. The minimum absolute atomic E-state index is 0.390. The van der Waals surface area contributed by atoms with Gasteiger partial charge in [0.25, 0.3) is 0 Å². The van der Waals surface area contributed by atoms with Crippen LogP contribution in [0.25, 0.3) is 6.08 Å². The van der Waals surface area contributed by atoms with Crippen molar-refractivity contribution in [3.8, 4) is 0 Å². The Morgan fingerprint density at radius 2 is 2.04 bits per heavy atom. The summed E-state index contributed by atoms with van der Waals surface area (Å²) in [6.45, 7) is 1.63. The van der Waals surface area contributed by atoms with Crippen LogP contribution < -0.4 is 5.32 Å². The van der Waals surface area contributed by atoms with Crippen LogP contribution >= 0.6 is 0 Å². The number of benzene rings is 1. The van der Waals surface area contributed by atoms with Crippen LogP contribution in [0.5, 0.6) is 0 Å². The maximum absolute atomic E-state index is 12.7. The Morgan fingerprint density at radius 1 is 1.26 bits per heavy atom. The minimum Gasteiger partial charge on any atom is -0.346 e. The zero-order valence-corrected chi connectivity index (χ0v) is 12.3. The Morgan fingerprint density at radius 3 is 2.70 bits per heavy atom. The van der Waals surface area contributed by atoms with Gasteiger partial charge in [0.1, 0.15) is 0 Å². The van der Waals surface area contributed by atoms with Crippen LogP contribution in [-0.4, -0.2) is 10.9 Å². The molecule has 1 N–H and O–H groups in total. The molecule has 1 aromatic carbocycles. The summed E-state index contributed by atoms with van der Waals surface area (Å²) in [6, 6.07) is 7.90. The molecule has 0 bridgehead atoms. The quantitative estimate of drug-likeness (QED) is 0.866. The number of pyridine rings is 1. The van der Waals surface area contributed by atoms with Gasteiger partial charge in [0.15, 0.2) is 0 Å². The molecule has 0 fully saturated rings. The SMILES string of the molecule is CC(NC(=O)/C=C/c1cccnc1)c1cccc(C(F)(F)F)c1. The molecule has 1 aromatic heterocycles. The predicted octanol–water partition coefficient (Wildman–Crippen LogP) is 3.99. The Labute approximate surface area is 131 Å². The van der Waals surface area contributed by atoms with Gasteiger partial charge in [-0.3, -0.25) is 9.78 Å². The fourth-order valence-corrected chi connectivity index (χ4v) is 1.98. The van der Waals surface area contributed by atoms with E-state index in [1.807, 2.05) is 0 Å². The number of amides is 1. The molecule has 2 rings (SSSR count). The van der Waals surface area contributed by atoms with E-state index in [1.54, 1.807) is 43.6 Å². The predicted molar refractivity (Wildman–Crippen MR) is 81.3 cm³/mol. The van der Waals surface area contributed by atoms with E-state index >= 15 is 0 Å². The van der Waals surface area contributed by atoms with Crippen molar-refractivity contribution < 1.29 is 18.0 Å². The van der Waals surface area contributed by atoms with E-state index in [1.165, 1.54) is 12.1 Å². The highest BCUT2D eigenvalue weighted by atomic mass is 19.4. The third-order valence-electron chi connectivity index (χ3n) is 3.18. The number of alkyl halides is 3. The van der Waals surface area contributed by atoms with E-state index in [9.17, 15) is 18.0 Å². The first-order chi connectivity index (χ1) is 10.9. The molecule has 0 aliphatic rings. The Kier molecular flexibility index (Phi) is 5.16. The zero-order valence-electron chi connectivity index (χ0n) is 12.3. The summed E-state index contributed by atoms with van der Waals surface area (Å²) < 4.78 is 38.1. The standard InChI is InChI=1S/C17H15F3N2O/c1-12(14-5-2-6-15(10-14)17(18,19)20)22-16(23)8-7-13-4-3-9-21-11-13/h2-12H,1H3,(H,22,23)/b8-7+. The van der Waals surface area contributed by atoms with Gasteiger partial charge in [-0.05, 0) is 42.3 Å². The lowest BCUT2D eigenvalue weighted by molar-refractivity contribution is -0.137. The molecule has 1 amide bonds. The molecule has 0 aliphatic heterocycles. The lowest BCUT2D eigenvalue weighted by atomic mass is 10.0. The van der Waals surface area contributed by atoms with E-state index < -0.39 is 23.7 Å². The van der Waals surface area contributed by atoms with Gasteiger partial charge in [-0.1, -0.05) is 18.2 Å². The average molecular weight is 320 g/mol. The molecule has 2 aromatic rings. The van der Waals surface area contributed by atoms with Gasteiger partial charge in [-0.15, -0.1) is 0 Å². The van der Waals surface area contributed by atoms with E-state index in [-0.39, 0.29) is 0 Å². The molecule has 120 valence electrons. The van der Waals surface area contributed by atoms with Crippen LogP contribution in [0, 0.1) is 0 Å². The van der Waals surface area contributed by atoms with E-state index in [0.717, 1.165) is 17.7 Å². The number of hydrogen-bond donors (Lipinski definition) is 1. The highest BCUT2D eigenvalue weighted by molar-refractivity contribution is 5.91. The Bertz CT molecular complexity index is 696. The largest absolute Gasteiger partial charge is 0.416 e. The number of carbonyl (C=O) groups excluding carboxylic acids is 1. The summed E-state index contributed by atoms with van der Waals surface area (Å²) in [5.74, 6) is -0.390. The van der Waals surface area contributed by atoms with Gasteiger partial charge in [0.2, 0.25) is 5.91 Å². The maximum Gasteiger partial charge on any atom is 0.416 e. The summed E-state index contributed by atoms with van der Waals surface area (Å²) in [5, 5.41) is 2.63. The summed E-state index contributed by atoms with van der Waals surface area (Å²) in [5.41, 5.74) is 0.416. The van der Waals surface area contributed by atoms with Crippen molar-refractivity contribution in [1.82, 2.24) is 10.3 Å². The summed E-state index contributed by atoms with van der Waals surface area (Å²) >= 11 is 0. The van der Waals surface area contributed by atoms with E-state index in [2.05, 4.69) is 10.3 Å². The van der Waals surface area contributed by atoms with Gasteiger partial charge >= 0.3 is 6.18 Å². The van der Waals surface area contributed by atoms with Gasteiger partial charge in [-0.25, -0.2) is 0 Å². The maximum atomic E-state index is 12.7. The second kappa shape index (κ2) is 7.09. The number of halogens is 3. The first-order valence-electron chi connectivity index (χ1n) is 6.92. The lowest BCUT2D eigenvalue weighted by Gasteiger charge is -2.15. The average Bonchev–Trinajstić information content (AvgIpc) is 2.53. The minimum atomic E-state index is -4.40. The molecule has 23 heavy (non-hydrogen) atoms. The van der Waals surface area contributed by atoms with Crippen LogP contribution in [0.4, 0.5) is 13.2 Å². The van der Waals surface area contributed by atoms with Crippen LogP contribution in [0.2, 0.25) is 0 Å². The molecular formula is C17H15F3N2O. The summed E-state index contributed by atoms with van der Waals surface area (Å²) in [6.07, 6.45) is 1.72. The summed E-state index contributed by atoms with van der Waals surface area (Å²) in [4.78, 5) is 15.8. The first-order valence-corrected chi connectivity index (χ1v) is 6.92. The molecule has 1 unspecified atom stereocenters. The fourth-order valence-electron chi connectivity index (χ4n) is 1.98.